The van der Waals surface area contributed by atoms with Crippen molar-refractivity contribution in [3.63, 3.8) is 0 Å². The van der Waals surface area contributed by atoms with Crippen molar-refractivity contribution >= 4 is 33.0 Å². The number of ether oxygens (including phenoxy) is 2. The first-order valence-corrected chi connectivity index (χ1v) is 19.0. The third-order valence-corrected chi connectivity index (χ3v) is 12.4. The fourth-order valence-corrected chi connectivity index (χ4v) is 8.29. The van der Waals surface area contributed by atoms with Gasteiger partial charge in [-0.25, -0.2) is 4.72 Å². The van der Waals surface area contributed by atoms with Gasteiger partial charge in [-0.3, -0.25) is 9.59 Å². The fourth-order valence-electron chi connectivity index (χ4n) is 7.76. The summed E-state index contributed by atoms with van der Waals surface area (Å²) in [4.78, 5) is 28.2. The van der Waals surface area contributed by atoms with Crippen LogP contribution < -0.4 is 14.2 Å². The van der Waals surface area contributed by atoms with Crippen molar-refractivity contribution in [2.24, 2.45) is 5.41 Å². The molecule has 1 N–H and O–H groups in total. The molecule has 10 heteroatoms. The monoisotopic (exact) mass is 699 g/mol. The van der Waals surface area contributed by atoms with Gasteiger partial charge in [-0.2, -0.15) is 12.7 Å². The van der Waals surface area contributed by atoms with Crippen molar-refractivity contribution in [2.45, 2.75) is 91.0 Å². The second-order valence-electron chi connectivity index (χ2n) is 14.8. The molecule has 0 saturated heterocycles. The Morgan fingerprint density at radius 2 is 1.72 bits per heavy atom. The largest absolute Gasteiger partial charge is 0.497 e. The second-order valence-corrected chi connectivity index (χ2v) is 16.7. The second kappa shape index (κ2) is 13.5. The zero-order valence-electron chi connectivity index (χ0n) is 30.4. The zero-order valence-corrected chi connectivity index (χ0v) is 31.2. The number of esters is 1. The maximum absolute atomic E-state index is 14.8. The number of hydrogen-bond donors (Lipinski definition) is 1. The Kier molecular flexibility index (Phi) is 9.65. The quantitative estimate of drug-likeness (QED) is 0.147. The SMILES string of the molecule is COc1ccc2c(c1)C(C)C(C)(C(=O)Oc1cc(C)ccc1C(C)C)Cn1c-2c(C2CCCCC2)c2ccc(C(=O)NS(=O)(=O)N(C)C)cc21. The van der Waals surface area contributed by atoms with Crippen LogP contribution in [0, 0.1) is 12.3 Å². The molecule has 2 atom stereocenters. The molecule has 4 aromatic rings. The summed E-state index contributed by atoms with van der Waals surface area (Å²) in [7, 11) is 0.385. The van der Waals surface area contributed by atoms with Crippen molar-refractivity contribution in [2.75, 3.05) is 21.2 Å². The molecule has 2 heterocycles. The Morgan fingerprint density at radius 1 is 1.00 bits per heavy atom. The summed E-state index contributed by atoms with van der Waals surface area (Å²) in [6.45, 7) is 10.5. The first-order valence-electron chi connectivity index (χ1n) is 17.6. The molecule has 1 amide bonds. The number of aryl methyl sites for hydroxylation is 1. The summed E-state index contributed by atoms with van der Waals surface area (Å²) in [5, 5.41) is 1.01. The predicted molar refractivity (Wildman–Crippen MR) is 197 cm³/mol. The van der Waals surface area contributed by atoms with Crippen LogP contribution >= 0.6 is 0 Å². The van der Waals surface area contributed by atoms with Crippen LogP contribution in [-0.2, 0) is 21.5 Å². The van der Waals surface area contributed by atoms with Gasteiger partial charge < -0.3 is 14.0 Å². The Labute approximate surface area is 296 Å². The first kappa shape index (κ1) is 35.7. The van der Waals surface area contributed by atoms with Gasteiger partial charge in [0.1, 0.15) is 11.5 Å². The number of fused-ring (bicyclic) bond motifs is 5. The highest BCUT2D eigenvalue weighted by molar-refractivity contribution is 7.87. The van der Waals surface area contributed by atoms with Gasteiger partial charge in [0.2, 0.25) is 0 Å². The Morgan fingerprint density at radius 3 is 2.38 bits per heavy atom. The number of methoxy groups -OCH3 is 1. The molecular weight excluding hydrogens is 651 g/mol. The van der Waals surface area contributed by atoms with Crippen molar-refractivity contribution in [3.05, 3.63) is 82.4 Å². The molecule has 1 fully saturated rings. The number of amides is 1. The number of nitrogens with zero attached hydrogens (tertiary/aromatic N) is 2. The van der Waals surface area contributed by atoms with E-state index in [9.17, 15) is 18.0 Å². The lowest BCUT2D eigenvalue weighted by Gasteiger charge is -2.33. The lowest BCUT2D eigenvalue weighted by molar-refractivity contribution is -0.147. The molecule has 2 unspecified atom stereocenters. The summed E-state index contributed by atoms with van der Waals surface area (Å²) in [6, 6.07) is 17.5. The lowest BCUT2D eigenvalue weighted by atomic mass is 9.73. The van der Waals surface area contributed by atoms with Crippen molar-refractivity contribution in [3.8, 4) is 22.8 Å². The Hall–Kier alpha value is -4.15. The molecule has 3 aromatic carbocycles. The van der Waals surface area contributed by atoms with Crippen LogP contribution in [-0.4, -0.2) is 50.4 Å². The van der Waals surface area contributed by atoms with E-state index in [0.717, 1.165) is 68.8 Å². The maximum Gasteiger partial charge on any atom is 0.319 e. The zero-order chi connectivity index (χ0) is 36.1. The molecule has 1 saturated carbocycles. The van der Waals surface area contributed by atoms with Crippen LogP contribution in [0.1, 0.15) is 110 Å². The molecular formula is C40H49N3O6S. The molecule has 266 valence electrons. The molecule has 9 nitrogen and oxygen atoms in total. The molecule has 6 rings (SSSR count). The topological polar surface area (TPSA) is 107 Å². The van der Waals surface area contributed by atoms with Gasteiger partial charge in [-0.15, -0.1) is 0 Å². The normalized spacial score (nSPS) is 19.6. The van der Waals surface area contributed by atoms with E-state index in [1.807, 2.05) is 50.2 Å². The molecule has 0 spiro atoms. The number of hydrogen-bond acceptors (Lipinski definition) is 6. The van der Waals surface area contributed by atoms with Crippen molar-refractivity contribution in [1.82, 2.24) is 13.6 Å². The molecule has 1 aromatic heterocycles. The average Bonchev–Trinajstić information content (AvgIpc) is 3.35. The summed E-state index contributed by atoms with van der Waals surface area (Å²) >= 11 is 0. The van der Waals surface area contributed by atoms with Gasteiger partial charge in [0.25, 0.3) is 5.91 Å². The predicted octanol–water partition coefficient (Wildman–Crippen LogP) is 8.06. The first-order chi connectivity index (χ1) is 23.7. The van der Waals surface area contributed by atoms with Gasteiger partial charge in [0, 0.05) is 42.7 Å². The highest BCUT2D eigenvalue weighted by atomic mass is 32.2. The molecule has 2 aliphatic rings. The molecule has 1 aliphatic carbocycles. The summed E-state index contributed by atoms with van der Waals surface area (Å²) < 4.78 is 42.7. The van der Waals surface area contributed by atoms with Gasteiger partial charge in [-0.1, -0.05) is 58.2 Å². The van der Waals surface area contributed by atoms with E-state index in [0.29, 0.717) is 17.4 Å². The number of benzene rings is 3. The minimum Gasteiger partial charge on any atom is -0.497 e. The van der Waals surface area contributed by atoms with E-state index in [2.05, 4.69) is 36.1 Å². The molecule has 1 aliphatic heterocycles. The fraction of sp³-hybridized carbons (Fsp3) is 0.450. The van der Waals surface area contributed by atoms with Gasteiger partial charge >= 0.3 is 16.2 Å². The van der Waals surface area contributed by atoms with E-state index in [1.165, 1.54) is 26.1 Å². The number of aromatic nitrogens is 1. The minimum atomic E-state index is -4.01. The summed E-state index contributed by atoms with van der Waals surface area (Å²) in [6.07, 6.45) is 5.54. The minimum absolute atomic E-state index is 0.154. The lowest BCUT2D eigenvalue weighted by Crippen LogP contribution is -2.40. The number of nitrogens with one attached hydrogen (secondary N) is 1. The molecule has 50 heavy (non-hydrogen) atoms. The van der Waals surface area contributed by atoms with E-state index in [-0.39, 0.29) is 29.9 Å². The highest BCUT2D eigenvalue weighted by Gasteiger charge is 2.47. The van der Waals surface area contributed by atoms with Crippen LogP contribution in [0.4, 0.5) is 0 Å². The number of carbonyl (C=O) groups excluding carboxylic acids is 2. The smallest absolute Gasteiger partial charge is 0.319 e. The van der Waals surface area contributed by atoms with Gasteiger partial charge in [0.05, 0.1) is 18.2 Å². The maximum atomic E-state index is 14.8. The van der Waals surface area contributed by atoms with E-state index < -0.39 is 21.5 Å². The van der Waals surface area contributed by atoms with E-state index in [4.69, 9.17) is 9.47 Å². The van der Waals surface area contributed by atoms with Crippen molar-refractivity contribution < 1.29 is 27.5 Å². The standard InChI is InChI=1S/C40H49N3O6S/c1-24(2)30-17-14-25(3)20-35(30)49-39(45)40(5)23-43-34-21-28(38(44)41-50(46,47)42(6)7)15-18-32(34)36(27-12-10-9-11-13-27)37(43)31-19-16-29(48-8)22-33(31)26(40)4/h14-22,24,26-27H,9-13,23H2,1-8H3,(H,41,44). The van der Waals surface area contributed by atoms with Gasteiger partial charge in [0.15, 0.2) is 0 Å². The van der Waals surface area contributed by atoms with Crippen LogP contribution in [0.25, 0.3) is 22.2 Å². The molecule has 0 bridgehead atoms. The van der Waals surface area contributed by atoms with E-state index in [1.54, 1.807) is 19.2 Å². The number of rotatable bonds is 8. The van der Waals surface area contributed by atoms with Crippen LogP contribution in [0.3, 0.4) is 0 Å². The van der Waals surface area contributed by atoms with E-state index >= 15 is 0 Å². The number of carbonyl (C=O) groups is 2. The third-order valence-electron chi connectivity index (χ3n) is 11.0. The summed E-state index contributed by atoms with van der Waals surface area (Å²) in [5.74, 6) is 0.377. The molecule has 0 radical (unpaired) electrons. The van der Waals surface area contributed by atoms with Crippen molar-refractivity contribution in [1.29, 1.82) is 0 Å². The third kappa shape index (κ3) is 6.32. The van der Waals surface area contributed by atoms with Crippen LogP contribution in [0.15, 0.2) is 54.6 Å². The van der Waals surface area contributed by atoms with Crippen LogP contribution in [0.5, 0.6) is 11.5 Å². The van der Waals surface area contributed by atoms with Gasteiger partial charge in [-0.05, 0) is 103 Å². The Balaban J connectivity index is 1.59. The van der Waals surface area contributed by atoms with Crippen LogP contribution in [0.2, 0.25) is 0 Å². The average molecular weight is 700 g/mol. The Bertz CT molecular complexity index is 2080. The highest BCUT2D eigenvalue weighted by Crippen LogP contribution is 2.53. The summed E-state index contributed by atoms with van der Waals surface area (Å²) in [5.41, 5.74) is 6.17.